The van der Waals surface area contributed by atoms with E-state index in [0.717, 1.165) is 16.8 Å². The van der Waals surface area contributed by atoms with Crippen molar-refractivity contribution < 1.29 is 14.0 Å². The highest BCUT2D eigenvalue weighted by Gasteiger charge is 2.26. The first kappa shape index (κ1) is 20.5. The minimum atomic E-state index is -0.753. The fourth-order valence-electron chi connectivity index (χ4n) is 3.26. The van der Waals surface area contributed by atoms with Crippen molar-refractivity contribution in [3.63, 3.8) is 0 Å². The molecule has 2 heterocycles. The molecule has 0 radical (unpaired) electrons. The minimum Gasteiger partial charge on any atom is -0.444 e. The molecule has 0 bridgehead atoms. The van der Waals surface area contributed by atoms with E-state index in [2.05, 4.69) is 15.3 Å². The van der Waals surface area contributed by atoms with E-state index in [1.165, 1.54) is 6.92 Å². The van der Waals surface area contributed by atoms with Gasteiger partial charge in [-0.2, -0.15) is 0 Å². The van der Waals surface area contributed by atoms with E-state index in [-0.39, 0.29) is 22.8 Å². The molecule has 0 saturated heterocycles. The zero-order valence-electron chi connectivity index (χ0n) is 16.6. The quantitative estimate of drug-likeness (QED) is 0.584. The Balaban J connectivity index is 2.08. The monoisotopic (exact) mass is 412 g/mol. The number of furan rings is 1. The van der Waals surface area contributed by atoms with Gasteiger partial charge in [-0.25, -0.2) is 9.97 Å². The van der Waals surface area contributed by atoms with Gasteiger partial charge in [-0.1, -0.05) is 23.7 Å². The Hall–Kier alpha value is -3.19. The van der Waals surface area contributed by atoms with Crippen molar-refractivity contribution in [2.24, 2.45) is 5.73 Å². The lowest BCUT2D eigenvalue weighted by Crippen LogP contribution is -2.16. The summed E-state index contributed by atoms with van der Waals surface area (Å²) >= 11 is 5.97. The first-order valence-corrected chi connectivity index (χ1v) is 9.35. The van der Waals surface area contributed by atoms with Gasteiger partial charge in [0.05, 0.1) is 5.56 Å². The average molecular weight is 413 g/mol. The number of hydrogen-bond donors (Lipinski definition) is 2. The SMILES string of the molecule is CC(=O)c1c(C)oc(Nc2nc(C)nc(C)c2Cc2ccc(Cl)cc2)c1C(N)=O. The number of halogens is 1. The lowest BCUT2D eigenvalue weighted by Gasteiger charge is -2.14. The number of nitrogens with zero attached hydrogens (tertiary/aromatic N) is 2. The number of carbonyl (C=O) groups is 2. The highest BCUT2D eigenvalue weighted by atomic mass is 35.5. The standard InChI is InChI=1S/C21H21ClN4O3/c1-10-16(9-14-5-7-15(22)8-6-14)20(25-13(4)24-10)26-21-18(19(23)28)17(11(2)27)12(3)29-21/h5-8H,9H2,1-4H3,(H2,23,28)(H,24,25,26). The Morgan fingerprint density at radius 1 is 1.10 bits per heavy atom. The van der Waals surface area contributed by atoms with Crippen molar-refractivity contribution in [1.82, 2.24) is 9.97 Å². The molecule has 150 valence electrons. The third-order valence-corrected chi connectivity index (χ3v) is 4.79. The molecule has 0 aliphatic heterocycles. The summed E-state index contributed by atoms with van der Waals surface area (Å²) in [5.41, 5.74) is 8.33. The molecule has 2 aromatic heterocycles. The normalized spacial score (nSPS) is 10.8. The second kappa shape index (κ2) is 8.05. The number of rotatable bonds is 6. The van der Waals surface area contributed by atoms with Crippen LogP contribution in [0, 0.1) is 20.8 Å². The number of anilines is 2. The molecular formula is C21H21ClN4O3. The molecule has 3 N–H and O–H groups in total. The van der Waals surface area contributed by atoms with Gasteiger partial charge in [0, 0.05) is 22.7 Å². The summed E-state index contributed by atoms with van der Waals surface area (Å²) in [6, 6.07) is 7.47. The van der Waals surface area contributed by atoms with E-state index < -0.39 is 5.91 Å². The van der Waals surface area contributed by atoms with Crippen LogP contribution >= 0.6 is 11.6 Å². The van der Waals surface area contributed by atoms with Crippen LogP contribution in [0.3, 0.4) is 0 Å². The van der Waals surface area contributed by atoms with Gasteiger partial charge in [-0.05, 0) is 45.4 Å². The van der Waals surface area contributed by atoms with Crippen molar-refractivity contribution >= 4 is 35.0 Å². The molecule has 0 aliphatic rings. The summed E-state index contributed by atoms with van der Waals surface area (Å²) in [4.78, 5) is 32.9. The Labute approximate surface area is 173 Å². The maximum atomic E-state index is 12.0. The van der Waals surface area contributed by atoms with Gasteiger partial charge < -0.3 is 15.5 Å². The summed E-state index contributed by atoms with van der Waals surface area (Å²) in [7, 11) is 0. The molecule has 0 fully saturated rings. The molecule has 1 aromatic carbocycles. The fourth-order valence-corrected chi connectivity index (χ4v) is 3.38. The molecule has 3 rings (SSSR count). The van der Waals surface area contributed by atoms with Crippen LogP contribution < -0.4 is 11.1 Å². The number of benzene rings is 1. The summed E-state index contributed by atoms with van der Waals surface area (Å²) in [5.74, 6) is 0.392. The summed E-state index contributed by atoms with van der Waals surface area (Å²) in [6.45, 7) is 6.63. The molecule has 3 aromatic rings. The topological polar surface area (TPSA) is 111 Å². The van der Waals surface area contributed by atoms with E-state index >= 15 is 0 Å². The summed E-state index contributed by atoms with van der Waals surface area (Å²) < 4.78 is 5.66. The molecule has 0 spiro atoms. The zero-order chi connectivity index (χ0) is 21.3. The van der Waals surface area contributed by atoms with Crippen LogP contribution in [0.4, 0.5) is 11.7 Å². The van der Waals surface area contributed by atoms with Gasteiger partial charge >= 0.3 is 0 Å². The first-order chi connectivity index (χ1) is 13.7. The van der Waals surface area contributed by atoms with E-state index in [0.29, 0.717) is 28.8 Å². The number of hydrogen-bond acceptors (Lipinski definition) is 6. The zero-order valence-corrected chi connectivity index (χ0v) is 17.3. The van der Waals surface area contributed by atoms with Crippen LogP contribution in [0.15, 0.2) is 28.7 Å². The smallest absolute Gasteiger partial charge is 0.255 e. The molecule has 0 aliphatic carbocycles. The van der Waals surface area contributed by atoms with Crippen molar-refractivity contribution in [3.05, 3.63) is 68.8 Å². The number of aromatic nitrogens is 2. The summed E-state index contributed by atoms with van der Waals surface area (Å²) in [6.07, 6.45) is 0.538. The second-order valence-electron chi connectivity index (χ2n) is 6.77. The maximum Gasteiger partial charge on any atom is 0.255 e. The number of ketones is 1. The van der Waals surface area contributed by atoms with Crippen molar-refractivity contribution in [3.8, 4) is 0 Å². The van der Waals surface area contributed by atoms with Crippen LogP contribution in [-0.4, -0.2) is 21.7 Å². The Kier molecular flexibility index (Phi) is 5.70. The fraction of sp³-hybridized carbons (Fsp3) is 0.238. The predicted octanol–water partition coefficient (Wildman–Crippen LogP) is 4.28. The third-order valence-electron chi connectivity index (χ3n) is 4.53. The molecule has 7 nitrogen and oxygen atoms in total. The third kappa shape index (κ3) is 4.30. The lowest BCUT2D eigenvalue weighted by atomic mass is 10.0. The van der Waals surface area contributed by atoms with Gasteiger partial charge in [0.25, 0.3) is 5.91 Å². The summed E-state index contributed by atoms with van der Waals surface area (Å²) in [5, 5.41) is 3.71. The van der Waals surface area contributed by atoms with Crippen LogP contribution in [0.1, 0.15) is 56.0 Å². The van der Waals surface area contributed by atoms with Crippen LogP contribution in [-0.2, 0) is 6.42 Å². The van der Waals surface area contributed by atoms with Gasteiger partial charge in [0.15, 0.2) is 5.78 Å². The molecule has 1 amide bonds. The van der Waals surface area contributed by atoms with Gasteiger partial charge in [0.1, 0.15) is 23.0 Å². The van der Waals surface area contributed by atoms with Crippen LogP contribution in [0.5, 0.6) is 0 Å². The van der Waals surface area contributed by atoms with E-state index in [4.69, 9.17) is 21.8 Å². The molecule has 0 atom stereocenters. The Morgan fingerprint density at radius 2 is 1.76 bits per heavy atom. The number of Topliss-reactive ketones (excluding diaryl/α,β-unsaturated/α-hetero) is 1. The number of nitrogens with two attached hydrogens (primary N) is 1. The minimum absolute atomic E-state index is 0.0151. The largest absolute Gasteiger partial charge is 0.444 e. The van der Waals surface area contributed by atoms with Crippen molar-refractivity contribution in [2.75, 3.05) is 5.32 Å². The van der Waals surface area contributed by atoms with Crippen molar-refractivity contribution in [1.29, 1.82) is 0 Å². The van der Waals surface area contributed by atoms with E-state index in [1.54, 1.807) is 13.8 Å². The van der Waals surface area contributed by atoms with E-state index in [9.17, 15) is 9.59 Å². The van der Waals surface area contributed by atoms with Gasteiger partial charge in [-0.3, -0.25) is 9.59 Å². The van der Waals surface area contributed by atoms with E-state index in [1.807, 2.05) is 31.2 Å². The lowest BCUT2D eigenvalue weighted by molar-refractivity contribution is 0.0974. The van der Waals surface area contributed by atoms with Gasteiger partial charge in [-0.15, -0.1) is 0 Å². The molecule has 0 saturated carbocycles. The highest BCUT2D eigenvalue weighted by Crippen LogP contribution is 2.31. The second-order valence-corrected chi connectivity index (χ2v) is 7.21. The van der Waals surface area contributed by atoms with Crippen LogP contribution in [0.2, 0.25) is 5.02 Å². The number of carbonyl (C=O) groups excluding carboxylic acids is 2. The number of amides is 1. The Morgan fingerprint density at radius 3 is 2.34 bits per heavy atom. The van der Waals surface area contributed by atoms with Crippen molar-refractivity contribution in [2.45, 2.75) is 34.1 Å². The van der Waals surface area contributed by atoms with Crippen LogP contribution in [0.25, 0.3) is 0 Å². The highest BCUT2D eigenvalue weighted by molar-refractivity contribution is 6.30. The number of primary amides is 1. The molecule has 29 heavy (non-hydrogen) atoms. The average Bonchev–Trinajstić information content (AvgIpc) is 2.96. The molecular weight excluding hydrogens is 392 g/mol. The first-order valence-electron chi connectivity index (χ1n) is 8.97. The number of aryl methyl sites for hydroxylation is 3. The number of nitrogens with one attached hydrogen (secondary N) is 1. The molecule has 0 unspecified atom stereocenters. The predicted molar refractivity (Wildman–Crippen MR) is 111 cm³/mol. The molecule has 8 heteroatoms. The Bertz CT molecular complexity index is 1100. The maximum absolute atomic E-state index is 12.0. The van der Waals surface area contributed by atoms with Gasteiger partial charge in [0.2, 0.25) is 5.88 Å².